The van der Waals surface area contributed by atoms with Gasteiger partial charge in [0.05, 0.1) is 24.1 Å². The summed E-state index contributed by atoms with van der Waals surface area (Å²) in [4.78, 5) is 17.6. The Labute approximate surface area is 181 Å². The molecule has 1 atom stereocenters. The first-order valence-electron chi connectivity index (χ1n) is 10.4. The maximum Gasteiger partial charge on any atom is 0.337 e. The number of aromatic carboxylic acids is 1. The number of carboxylic acid groups (broad SMARTS) is 1. The molecular formula is C25H25N3O3. The van der Waals surface area contributed by atoms with Crippen molar-refractivity contribution in [3.8, 4) is 5.75 Å². The molecule has 0 bridgehead atoms. The van der Waals surface area contributed by atoms with Crippen molar-refractivity contribution in [1.29, 1.82) is 0 Å². The van der Waals surface area contributed by atoms with Crippen molar-refractivity contribution in [2.45, 2.75) is 19.3 Å². The molecule has 6 heteroatoms. The van der Waals surface area contributed by atoms with Gasteiger partial charge < -0.3 is 20.1 Å². The van der Waals surface area contributed by atoms with E-state index in [9.17, 15) is 9.90 Å². The molecule has 0 radical (unpaired) electrons. The summed E-state index contributed by atoms with van der Waals surface area (Å²) in [6, 6.07) is 18.1. The van der Waals surface area contributed by atoms with Gasteiger partial charge in [-0.1, -0.05) is 30.3 Å². The molecule has 0 spiro atoms. The van der Waals surface area contributed by atoms with Gasteiger partial charge in [-0.15, -0.1) is 0 Å². The average Bonchev–Trinajstić information content (AvgIpc) is 2.80. The Morgan fingerprint density at radius 2 is 2.06 bits per heavy atom. The van der Waals surface area contributed by atoms with Crippen LogP contribution in [0.5, 0.6) is 5.75 Å². The van der Waals surface area contributed by atoms with Gasteiger partial charge >= 0.3 is 5.97 Å². The summed E-state index contributed by atoms with van der Waals surface area (Å²) in [5, 5.41) is 12.4. The highest BCUT2D eigenvalue weighted by atomic mass is 16.5. The van der Waals surface area contributed by atoms with Crippen LogP contribution in [0.3, 0.4) is 0 Å². The van der Waals surface area contributed by atoms with Crippen molar-refractivity contribution in [1.82, 2.24) is 4.98 Å². The summed E-state index contributed by atoms with van der Waals surface area (Å²) in [6.07, 6.45) is 7.69. The van der Waals surface area contributed by atoms with Crippen LogP contribution < -0.4 is 15.0 Å². The number of allylic oxidation sites excluding steroid dienone is 1. The number of aromatic nitrogens is 1. The predicted molar refractivity (Wildman–Crippen MR) is 122 cm³/mol. The van der Waals surface area contributed by atoms with Gasteiger partial charge in [0.15, 0.2) is 0 Å². The highest BCUT2D eigenvalue weighted by molar-refractivity contribution is 5.94. The molecule has 0 amide bonds. The molecule has 3 aromatic rings. The summed E-state index contributed by atoms with van der Waals surface area (Å²) in [7, 11) is 0. The number of para-hydroxylation sites is 1. The number of hydrogen-bond donors (Lipinski definition) is 2. The topological polar surface area (TPSA) is 74.7 Å². The van der Waals surface area contributed by atoms with E-state index in [2.05, 4.69) is 58.5 Å². The lowest BCUT2D eigenvalue weighted by Gasteiger charge is -2.28. The summed E-state index contributed by atoms with van der Waals surface area (Å²) in [6.45, 7) is 3.62. The molecule has 1 unspecified atom stereocenters. The van der Waals surface area contributed by atoms with E-state index in [0.29, 0.717) is 12.3 Å². The predicted octanol–water partition coefficient (Wildman–Crippen LogP) is 5.43. The molecule has 2 aromatic carbocycles. The van der Waals surface area contributed by atoms with Crippen LogP contribution in [0.15, 0.2) is 79.3 Å². The SMILES string of the molecule is CCN(c1ccccc1)c1ccc2c(c1)OCCC2/C=C/Nc1cnccc1C(=O)O. The zero-order valence-electron chi connectivity index (χ0n) is 17.4. The van der Waals surface area contributed by atoms with Gasteiger partial charge in [-0.3, -0.25) is 4.98 Å². The molecule has 1 aromatic heterocycles. The van der Waals surface area contributed by atoms with Crippen molar-refractivity contribution in [2.24, 2.45) is 0 Å². The van der Waals surface area contributed by atoms with Gasteiger partial charge in [0, 0.05) is 41.7 Å². The van der Waals surface area contributed by atoms with E-state index in [0.717, 1.165) is 35.7 Å². The van der Waals surface area contributed by atoms with Gasteiger partial charge in [0.25, 0.3) is 0 Å². The number of benzene rings is 2. The number of carboxylic acids is 1. The monoisotopic (exact) mass is 415 g/mol. The Kier molecular flexibility index (Phi) is 6.17. The minimum atomic E-state index is -0.985. The van der Waals surface area contributed by atoms with Crippen LogP contribution in [0.25, 0.3) is 0 Å². The Morgan fingerprint density at radius 1 is 1.23 bits per heavy atom. The number of pyridine rings is 1. The number of nitrogens with zero attached hydrogens (tertiary/aromatic N) is 2. The van der Waals surface area contributed by atoms with Crippen molar-refractivity contribution in [3.05, 3.63) is 90.4 Å². The highest BCUT2D eigenvalue weighted by Gasteiger charge is 2.21. The first-order chi connectivity index (χ1) is 15.2. The van der Waals surface area contributed by atoms with E-state index in [1.165, 1.54) is 18.5 Å². The second-order valence-electron chi connectivity index (χ2n) is 7.28. The lowest BCUT2D eigenvalue weighted by molar-refractivity contribution is 0.0698. The molecule has 4 rings (SSSR count). The third-order valence-electron chi connectivity index (χ3n) is 5.40. The van der Waals surface area contributed by atoms with Crippen LogP contribution in [0.1, 0.15) is 35.2 Å². The van der Waals surface area contributed by atoms with Crippen LogP contribution in [-0.2, 0) is 0 Å². The van der Waals surface area contributed by atoms with Crippen LogP contribution in [0.4, 0.5) is 17.1 Å². The summed E-state index contributed by atoms with van der Waals surface area (Å²) < 4.78 is 5.97. The third kappa shape index (κ3) is 4.53. The first kappa shape index (κ1) is 20.5. The van der Waals surface area contributed by atoms with Gasteiger partial charge in [-0.2, -0.15) is 0 Å². The van der Waals surface area contributed by atoms with E-state index in [-0.39, 0.29) is 11.5 Å². The minimum absolute atomic E-state index is 0.182. The van der Waals surface area contributed by atoms with Crippen molar-refractivity contribution in [2.75, 3.05) is 23.4 Å². The molecule has 0 saturated heterocycles. The number of ether oxygens (including phenoxy) is 1. The maximum atomic E-state index is 11.4. The molecular weight excluding hydrogens is 390 g/mol. The number of nitrogens with one attached hydrogen (secondary N) is 1. The maximum absolute atomic E-state index is 11.4. The zero-order valence-corrected chi connectivity index (χ0v) is 17.4. The van der Waals surface area contributed by atoms with Gasteiger partial charge in [-0.05, 0) is 43.8 Å². The van der Waals surface area contributed by atoms with Crippen LogP contribution in [0, 0.1) is 0 Å². The van der Waals surface area contributed by atoms with E-state index in [1.807, 2.05) is 18.2 Å². The molecule has 0 fully saturated rings. The van der Waals surface area contributed by atoms with Crippen molar-refractivity contribution < 1.29 is 14.6 Å². The standard InChI is InChI=1S/C25H25N3O3/c1-2-28(19-6-4-3-5-7-19)20-8-9-21-18(12-15-31-24(21)16-20)10-14-27-23-17-26-13-11-22(23)25(29)30/h3-11,13-14,16-18,27H,2,12,15H2,1H3,(H,29,30)/b14-10+. The Morgan fingerprint density at radius 3 is 2.84 bits per heavy atom. The quantitative estimate of drug-likeness (QED) is 0.536. The molecule has 0 saturated carbocycles. The molecule has 0 aliphatic carbocycles. The molecule has 158 valence electrons. The number of anilines is 3. The number of rotatable bonds is 7. The molecule has 31 heavy (non-hydrogen) atoms. The van der Waals surface area contributed by atoms with E-state index in [1.54, 1.807) is 6.20 Å². The molecule has 2 N–H and O–H groups in total. The second kappa shape index (κ2) is 9.34. The summed E-state index contributed by atoms with van der Waals surface area (Å²) in [5.41, 5.74) is 4.03. The second-order valence-corrected chi connectivity index (χ2v) is 7.28. The molecule has 1 aliphatic heterocycles. The number of fused-ring (bicyclic) bond motifs is 1. The highest BCUT2D eigenvalue weighted by Crippen LogP contribution is 2.38. The molecule has 2 heterocycles. The minimum Gasteiger partial charge on any atom is -0.493 e. The average molecular weight is 415 g/mol. The Bertz CT molecular complexity index is 1080. The van der Waals surface area contributed by atoms with Crippen molar-refractivity contribution >= 4 is 23.0 Å². The van der Waals surface area contributed by atoms with Crippen LogP contribution in [-0.4, -0.2) is 29.2 Å². The Balaban J connectivity index is 1.54. The van der Waals surface area contributed by atoms with Crippen molar-refractivity contribution in [3.63, 3.8) is 0 Å². The van der Waals surface area contributed by atoms with Gasteiger partial charge in [0.1, 0.15) is 5.75 Å². The van der Waals surface area contributed by atoms with Gasteiger partial charge in [-0.25, -0.2) is 4.79 Å². The Hall–Kier alpha value is -3.80. The largest absolute Gasteiger partial charge is 0.493 e. The van der Waals surface area contributed by atoms with E-state index < -0.39 is 5.97 Å². The van der Waals surface area contributed by atoms with Crippen LogP contribution >= 0.6 is 0 Å². The lowest BCUT2D eigenvalue weighted by atomic mass is 9.92. The third-order valence-corrected chi connectivity index (χ3v) is 5.40. The zero-order chi connectivity index (χ0) is 21.6. The molecule has 1 aliphatic rings. The van der Waals surface area contributed by atoms with E-state index >= 15 is 0 Å². The smallest absolute Gasteiger partial charge is 0.337 e. The van der Waals surface area contributed by atoms with E-state index in [4.69, 9.17) is 4.74 Å². The van der Waals surface area contributed by atoms with Gasteiger partial charge in [0.2, 0.25) is 0 Å². The summed E-state index contributed by atoms with van der Waals surface area (Å²) in [5.74, 6) is 0.0866. The fraction of sp³-hybridized carbons (Fsp3) is 0.200. The lowest BCUT2D eigenvalue weighted by Crippen LogP contribution is -2.18. The van der Waals surface area contributed by atoms with Crippen LogP contribution in [0.2, 0.25) is 0 Å². The fourth-order valence-corrected chi connectivity index (χ4v) is 3.85. The molecule has 6 nitrogen and oxygen atoms in total. The number of carbonyl (C=O) groups is 1. The normalized spacial score (nSPS) is 15.2. The number of hydrogen-bond acceptors (Lipinski definition) is 5. The fourth-order valence-electron chi connectivity index (χ4n) is 3.85. The first-order valence-corrected chi connectivity index (χ1v) is 10.4. The summed E-state index contributed by atoms with van der Waals surface area (Å²) >= 11 is 0.